The van der Waals surface area contributed by atoms with Crippen LogP contribution in [-0.4, -0.2) is 32.1 Å². The van der Waals surface area contributed by atoms with Crippen molar-refractivity contribution in [1.82, 2.24) is 19.7 Å². The maximum Gasteiger partial charge on any atom is 0.275 e. The van der Waals surface area contributed by atoms with E-state index in [0.717, 1.165) is 73.9 Å². The molecule has 1 saturated heterocycles. The molecule has 7 heteroatoms. The van der Waals surface area contributed by atoms with Crippen molar-refractivity contribution < 1.29 is 13.6 Å². The van der Waals surface area contributed by atoms with Crippen LogP contribution < -0.4 is 0 Å². The SMILES string of the molecule is O=C(c1nn(-c2ccc(F)c(F)c2)c2c1CCC2)N1CCCCCC1c1ccncc1. The third-order valence-corrected chi connectivity index (χ3v) is 6.39. The number of hydrogen-bond acceptors (Lipinski definition) is 3. The Labute approximate surface area is 179 Å². The van der Waals surface area contributed by atoms with Crippen LogP contribution in [0.25, 0.3) is 5.69 Å². The Hall–Kier alpha value is -3.09. The van der Waals surface area contributed by atoms with Crippen molar-refractivity contribution in [2.24, 2.45) is 0 Å². The van der Waals surface area contributed by atoms with Gasteiger partial charge in [-0.05, 0) is 61.9 Å². The van der Waals surface area contributed by atoms with Crippen LogP contribution >= 0.6 is 0 Å². The predicted octanol–water partition coefficient (Wildman–Crippen LogP) is 4.79. The van der Waals surface area contributed by atoms with E-state index >= 15 is 0 Å². The molecule has 1 amide bonds. The van der Waals surface area contributed by atoms with E-state index in [1.807, 2.05) is 17.0 Å². The van der Waals surface area contributed by atoms with E-state index in [1.54, 1.807) is 17.1 Å². The number of carbonyl (C=O) groups is 1. The molecule has 1 unspecified atom stereocenters. The monoisotopic (exact) mass is 422 g/mol. The lowest BCUT2D eigenvalue weighted by atomic mass is 10.0. The van der Waals surface area contributed by atoms with Crippen LogP contribution in [0.2, 0.25) is 0 Å². The lowest BCUT2D eigenvalue weighted by Crippen LogP contribution is -2.35. The van der Waals surface area contributed by atoms with Gasteiger partial charge in [-0.2, -0.15) is 5.10 Å². The minimum Gasteiger partial charge on any atom is -0.330 e. The molecule has 3 heterocycles. The molecule has 1 aromatic carbocycles. The summed E-state index contributed by atoms with van der Waals surface area (Å²) in [5.41, 5.74) is 3.83. The van der Waals surface area contributed by atoms with Crippen LogP contribution in [0.1, 0.15) is 65.5 Å². The minimum atomic E-state index is -0.919. The first kappa shape index (κ1) is 19.8. The van der Waals surface area contributed by atoms with Gasteiger partial charge in [-0.1, -0.05) is 12.8 Å². The van der Waals surface area contributed by atoms with E-state index in [4.69, 9.17) is 0 Å². The third-order valence-electron chi connectivity index (χ3n) is 6.39. The number of hydrogen-bond donors (Lipinski definition) is 0. The van der Waals surface area contributed by atoms with Gasteiger partial charge >= 0.3 is 0 Å². The third kappa shape index (κ3) is 3.62. The average molecular weight is 422 g/mol. The molecule has 1 fully saturated rings. The molecule has 1 aliphatic carbocycles. The quantitative estimate of drug-likeness (QED) is 0.610. The van der Waals surface area contributed by atoms with Crippen LogP contribution in [-0.2, 0) is 12.8 Å². The van der Waals surface area contributed by atoms with E-state index in [1.165, 1.54) is 6.07 Å². The lowest BCUT2D eigenvalue weighted by molar-refractivity contribution is 0.0673. The molecule has 1 atom stereocenters. The highest BCUT2D eigenvalue weighted by atomic mass is 19.2. The van der Waals surface area contributed by atoms with Crippen LogP contribution in [0.15, 0.2) is 42.7 Å². The largest absolute Gasteiger partial charge is 0.330 e. The Morgan fingerprint density at radius 3 is 2.61 bits per heavy atom. The topological polar surface area (TPSA) is 51.0 Å². The summed E-state index contributed by atoms with van der Waals surface area (Å²) in [6.45, 7) is 0.679. The molecule has 160 valence electrons. The van der Waals surface area contributed by atoms with Gasteiger partial charge in [-0.25, -0.2) is 13.5 Å². The summed E-state index contributed by atoms with van der Waals surface area (Å²) in [5, 5.41) is 4.63. The molecule has 1 aliphatic heterocycles. The summed E-state index contributed by atoms with van der Waals surface area (Å²) in [5.74, 6) is -1.89. The summed E-state index contributed by atoms with van der Waals surface area (Å²) < 4.78 is 28.9. The number of halogens is 2. The van der Waals surface area contributed by atoms with Gasteiger partial charge < -0.3 is 4.90 Å². The second-order valence-corrected chi connectivity index (χ2v) is 8.28. The van der Waals surface area contributed by atoms with Crippen LogP contribution in [0.4, 0.5) is 8.78 Å². The van der Waals surface area contributed by atoms with E-state index < -0.39 is 11.6 Å². The molecule has 2 aliphatic rings. The zero-order chi connectivity index (χ0) is 21.4. The molecule has 0 bridgehead atoms. The van der Waals surface area contributed by atoms with Crippen LogP contribution in [0, 0.1) is 11.6 Å². The van der Waals surface area contributed by atoms with Gasteiger partial charge in [0.15, 0.2) is 17.3 Å². The van der Waals surface area contributed by atoms with Crippen molar-refractivity contribution in [1.29, 1.82) is 0 Å². The predicted molar refractivity (Wildman–Crippen MR) is 112 cm³/mol. The van der Waals surface area contributed by atoms with Crippen LogP contribution in [0.3, 0.4) is 0 Å². The molecule has 0 saturated carbocycles. The minimum absolute atomic E-state index is 0.0107. The van der Waals surface area contributed by atoms with Gasteiger partial charge in [-0.3, -0.25) is 9.78 Å². The van der Waals surface area contributed by atoms with Crippen molar-refractivity contribution >= 4 is 5.91 Å². The normalized spacial score (nSPS) is 18.6. The maximum atomic E-state index is 13.9. The highest BCUT2D eigenvalue weighted by Gasteiger charge is 2.33. The number of likely N-dealkylation sites (tertiary alicyclic amines) is 1. The van der Waals surface area contributed by atoms with Gasteiger partial charge in [-0.15, -0.1) is 0 Å². The molecule has 0 spiro atoms. The van der Waals surface area contributed by atoms with Gasteiger partial charge in [0.05, 0.1) is 11.7 Å². The smallest absolute Gasteiger partial charge is 0.275 e. The van der Waals surface area contributed by atoms with Gasteiger partial charge in [0, 0.05) is 36.3 Å². The average Bonchev–Trinajstić information content (AvgIpc) is 3.31. The Kier molecular flexibility index (Phi) is 5.26. The maximum absolute atomic E-state index is 13.9. The Balaban J connectivity index is 1.55. The first-order valence-electron chi connectivity index (χ1n) is 10.9. The lowest BCUT2D eigenvalue weighted by Gasteiger charge is -2.30. The first-order chi connectivity index (χ1) is 15.1. The van der Waals surface area contributed by atoms with Crippen molar-refractivity contribution in [3.05, 3.63) is 76.9 Å². The summed E-state index contributed by atoms with van der Waals surface area (Å²) in [7, 11) is 0. The molecule has 0 radical (unpaired) electrons. The number of fused-ring (bicyclic) bond motifs is 1. The zero-order valence-electron chi connectivity index (χ0n) is 17.2. The van der Waals surface area contributed by atoms with E-state index in [-0.39, 0.29) is 11.9 Å². The zero-order valence-corrected chi connectivity index (χ0v) is 17.2. The molecular formula is C24H24F2N4O. The van der Waals surface area contributed by atoms with Crippen molar-refractivity contribution in [2.75, 3.05) is 6.54 Å². The number of pyridine rings is 1. The Morgan fingerprint density at radius 1 is 0.968 bits per heavy atom. The number of carbonyl (C=O) groups excluding carboxylic acids is 1. The second-order valence-electron chi connectivity index (χ2n) is 8.28. The molecule has 31 heavy (non-hydrogen) atoms. The second kappa shape index (κ2) is 8.21. The number of rotatable bonds is 3. The molecule has 0 N–H and O–H groups in total. The Morgan fingerprint density at radius 2 is 1.81 bits per heavy atom. The summed E-state index contributed by atoms with van der Waals surface area (Å²) in [6.07, 6.45) is 10.0. The molecule has 5 nitrogen and oxygen atoms in total. The summed E-state index contributed by atoms with van der Waals surface area (Å²) in [4.78, 5) is 19.8. The van der Waals surface area contributed by atoms with Crippen molar-refractivity contribution in [2.45, 2.75) is 51.0 Å². The number of amides is 1. The van der Waals surface area contributed by atoms with Crippen molar-refractivity contribution in [3.8, 4) is 5.69 Å². The fourth-order valence-corrected chi connectivity index (χ4v) is 4.86. The van der Waals surface area contributed by atoms with Gasteiger partial charge in [0.1, 0.15) is 0 Å². The van der Waals surface area contributed by atoms with Crippen LogP contribution in [0.5, 0.6) is 0 Å². The standard InChI is InChI=1S/C24H24F2N4O/c25-19-9-8-17(15-20(19)26)30-22-7-4-5-18(22)23(28-30)24(31)29-14-3-1-2-6-21(29)16-10-12-27-13-11-16/h8-13,15,21H,1-7,14H2. The van der Waals surface area contributed by atoms with Gasteiger partial charge in [0.25, 0.3) is 5.91 Å². The molecular weight excluding hydrogens is 398 g/mol. The van der Waals surface area contributed by atoms with E-state index in [9.17, 15) is 13.6 Å². The first-order valence-corrected chi connectivity index (χ1v) is 10.9. The molecule has 5 rings (SSSR count). The summed E-state index contributed by atoms with van der Waals surface area (Å²) in [6, 6.07) is 7.68. The number of aromatic nitrogens is 3. The molecule has 3 aromatic rings. The number of nitrogens with zero attached hydrogens (tertiary/aromatic N) is 4. The summed E-state index contributed by atoms with van der Waals surface area (Å²) >= 11 is 0. The van der Waals surface area contributed by atoms with Crippen molar-refractivity contribution in [3.63, 3.8) is 0 Å². The van der Waals surface area contributed by atoms with E-state index in [2.05, 4.69) is 10.1 Å². The fraction of sp³-hybridized carbons (Fsp3) is 0.375. The van der Waals surface area contributed by atoms with E-state index in [0.29, 0.717) is 17.9 Å². The number of benzene rings is 1. The fourth-order valence-electron chi connectivity index (χ4n) is 4.86. The Bertz CT molecular complexity index is 1110. The molecule has 2 aromatic heterocycles. The van der Waals surface area contributed by atoms with Gasteiger partial charge in [0.2, 0.25) is 0 Å². The highest BCUT2D eigenvalue weighted by Crippen LogP contribution is 2.34. The highest BCUT2D eigenvalue weighted by molar-refractivity contribution is 5.94.